The minimum absolute atomic E-state index is 0.352. The van der Waals surface area contributed by atoms with Gasteiger partial charge in [0.05, 0.1) is 16.9 Å². The predicted octanol–water partition coefficient (Wildman–Crippen LogP) is 6.36. The van der Waals surface area contributed by atoms with E-state index in [-0.39, 0.29) is 18.3 Å². The van der Waals surface area contributed by atoms with Gasteiger partial charge in [-0.15, -0.1) is 0 Å². The zero-order valence-corrected chi connectivity index (χ0v) is 146. The zero-order valence-electron chi connectivity index (χ0n) is 61.5. The minimum Gasteiger partial charge on any atom is -0.399 e. The van der Waals surface area contributed by atoms with Gasteiger partial charge >= 0.3 is 7.12 Å². The maximum absolute atomic E-state index is 6.24. The maximum atomic E-state index is 6.24. The lowest BCUT2D eigenvalue weighted by atomic mass is 9.79. The van der Waals surface area contributed by atoms with Crippen LogP contribution in [0.4, 0.5) is 17.1 Å². The van der Waals surface area contributed by atoms with Crippen molar-refractivity contribution >= 4 is 969 Å². The highest BCUT2D eigenvalue weighted by molar-refractivity contribution is 8.88. The van der Waals surface area contributed by atoms with E-state index in [0.717, 1.165) is 22.5 Å². The molecule has 0 amide bonds. The van der Waals surface area contributed by atoms with Crippen LogP contribution >= 0.6 is 0 Å². The highest BCUT2D eigenvalue weighted by Gasteiger charge is 2.51. The van der Waals surface area contributed by atoms with Crippen molar-refractivity contribution in [3.63, 3.8) is 0 Å². The Morgan fingerprint density at radius 2 is 0.331 bits per heavy atom. The molecule has 1 heterocycles. The first-order chi connectivity index (χ1) is 67.3. The Labute approximate surface area is 1090 Å². The number of hydrogen-bond donors (Lipinski definition) is 0. The van der Waals surface area contributed by atoms with Gasteiger partial charge in [0, 0.05) is 945 Å². The van der Waals surface area contributed by atoms with Gasteiger partial charge in [0.15, 0.2) is 0 Å². The Kier molecular flexibility index (Phi) is 129. The molecule has 0 N–H and O–H groups in total. The molecular formula is C28H28BNO2S104. The molecule has 0 radical (unpaired) electrons. The van der Waals surface area contributed by atoms with E-state index in [1.807, 2.05) is 788 Å². The summed E-state index contributed by atoms with van der Waals surface area (Å²) in [6, 6.07) is 34.0. The molecule has 136 heavy (non-hydrogen) atoms. The molecule has 0 spiro atoms. The summed E-state index contributed by atoms with van der Waals surface area (Å²) < 4.78 is 12.5. The zero-order chi connectivity index (χ0) is 96.5. The second kappa shape index (κ2) is 118. The highest BCUT2D eigenvalue weighted by atomic mass is 33.6. The molecule has 4 aromatic carbocycles. The number of fused-ring (bicyclic) bond motifs is 1. The Balaban J connectivity index is 0.000000991. The fourth-order valence-corrected chi connectivity index (χ4v) is 280. The van der Waals surface area contributed by atoms with Crippen LogP contribution in [0.1, 0.15) is 27.7 Å². The van der Waals surface area contributed by atoms with Crippen molar-refractivity contribution < 1.29 is 9.31 Å². The summed E-state index contributed by atoms with van der Waals surface area (Å²) in [5.41, 5.74) is 3.68. The van der Waals surface area contributed by atoms with Crippen molar-refractivity contribution in [1.29, 1.82) is 0 Å². The quantitative estimate of drug-likeness (QED) is 0.222. The Morgan fingerprint density at radius 3 is 0.515 bits per heavy atom. The molecule has 4 aromatic rings. The molecule has 0 atom stereocenters. The molecule has 1 fully saturated rings. The van der Waals surface area contributed by atoms with Crippen LogP contribution < -0.4 is 10.4 Å². The topological polar surface area (TPSA) is 21.7 Å². The van der Waals surface area contributed by atoms with Crippen molar-refractivity contribution in [3.8, 4) is 0 Å². The van der Waals surface area contributed by atoms with Crippen LogP contribution in [0.15, 0.2) is 97.1 Å². The van der Waals surface area contributed by atoms with Crippen molar-refractivity contribution in [1.82, 2.24) is 0 Å². The van der Waals surface area contributed by atoms with Crippen molar-refractivity contribution in [2.45, 2.75) is 38.9 Å². The first-order valence-electron chi connectivity index (χ1n) is 28.3. The standard InChI is InChI=1S/C28H28BNO2.S104/c1-27(2)28(3,4)32-29(31-27)22-17-19-24(20-18-22)30(23-13-6-5-7-14-23)26-16-10-12-21-11-8-9-15-25(21)26;1-3-5-7-9-11-13-15-17-19-21-23-25-27-29-31-33-35-37-39-41-43-45-47-49-51-53-55-57-59-61-63-65-67-69-71-73-75-77-79-81-83-85-87-89-91-93-95-97-99-101-103-104-102-100-98-96-94-92-90-88-86-84-82-80-78-76-74-72-70-68-66-64-62-60-58-56-54-52-50-48-46-44-42-40-38-36-34-32-30-28-26-24-22-20-18-16-14-12-10-8-6-4-2/h5-20H,1-4H3;. The van der Waals surface area contributed by atoms with Crippen LogP contribution in [0, 0.1) is 0 Å². The first-order valence-corrected chi connectivity index (χ1v) is 166. The van der Waals surface area contributed by atoms with Gasteiger partial charge < -0.3 is 14.2 Å². The Hall–Kier alpha value is 19.8. The average molecular weight is 3760 g/mol. The fourth-order valence-electron chi connectivity index (χ4n) is 5.30. The van der Waals surface area contributed by atoms with Crippen LogP contribution in [0.2, 0.25) is 0 Å². The lowest BCUT2D eigenvalue weighted by Crippen LogP contribution is -2.41. The molecule has 108 heteroatoms. The molecule has 0 aromatic heterocycles. The van der Waals surface area contributed by atoms with E-state index in [0.29, 0.717) is 0 Å². The normalized spacial score (nSPS) is 10.0. The number of rotatable bonds is 4. The van der Waals surface area contributed by atoms with Gasteiger partial charge in [0.1, 0.15) is 0 Å². The lowest BCUT2D eigenvalue weighted by Gasteiger charge is -2.32. The van der Waals surface area contributed by atoms with Gasteiger partial charge in [-0.05, 0) is 68.9 Å². The number of benzene rings is 4. The van der Waals surface area contributed by atoms with Gasteiger partial charge in [0.25, 0.3) is 0 Å². The van der Waals surface area contributed by atoms with E-state index in [9.17, 15) is 0 Å². The molecule has 1 aliphatic rings. The summed E-state index contributed by atoms with van der Waals surface area (Å²) in [6.45, 7) is 8.33. The lowest BCUT2D eigenvalue weighted by molar-refractivity contribution is 0.00578. The molecule has 1 saturated heterocycles. The highest BCUT2D eigenvalue weighted by Crippen LogP contribution is 2.39. The SMILES string of the molecule is CC1(C)OB(c2ccc(N(c3ccccc3)c3cccc4ccccc34)cc2)OC1(C)C.S=S=S=S=S=S=S=S=S=S=S=S=S=S=S=S=S=S=S=S=S=S=S=S=S=S=S=S=S=S=S=S=S=S=S=S=S=S=S=S=S=S=S=S=S=S=S=S=S=S=S=S=S=S=S=S=S=S=S=S=S=S=S=S=S=S=S=S=S=S=S=S=S=S=S=S=S=S=S=S=S=S=S=S=S=S=S=S=S=S=S=S=S=S=S=S=S=S=S=S=S=S=S=S. The first kappa shape index (κ1) is 148. The van der Waals surface area contributed by atoms with Crippen molar-refractivity contribution in [3.05, 3.63) is 97.1 Å². The third-order valence-corrected chi connectivity index (χ3v) is 234. The average Bonchev–Trinajstić information content (AvgIpc) is 1.43. The largest absolute Gasteiger partial charge is 0.494 e. The maximum Gasteiger partial charge on any atom is 0.494 e. The van der Waals surface area contributed by atoms with E-state index in [1.165, 1.54) is 28.5 Å². The van der Waals surface area contributed by atoms with E-state index < -0.39 is 0 Å². The second-order valence-corrected chi connectivity index (χ2v) is 197. The third kappa shape index (κ3) is 94.6. The number of nitrogens with zero attached hydrogens (tertiary/aromatic N) is 1. The summed E-state index contributed by atoms with van der Waals surface area (Å²) >= 11 is 9.66. The minimum atomic E-state index is -0.364. The summed E-state index contributed by atoms with van der Waals surface area (Å²) in [5, 5.41) is 2.44. The van der Waals surface area contributed by atoms with Gasteiger partial charge in [-0.3, -0.25) is 0 Å². The molecule has 3 nitrogen and oxygen atoms in total. The van der Waals surface area contributed by atoms with E-state index in [2.05, 4.69) is 124 Å². The summed E-state index contributed by atoms with van der Waals surface area (Å²) in [6.07, 6.45) is 0. The molecule has 0 unspecified atom stereocenters. The molecule has 0 bridgehead atoms. The molecule has 1 aliphatic heterocycles. The van der Waals surface area contributed by atoms with Gasteiger partial charge in [-0.25, -0.2) is 0 Å². The number of hydrogen-bond acceptors (Lipinski definition) is 5. The van der Waals surface area contributed by atoms with Crippen LogP contribution in [-0.4, -0.2) is 18.3 Å². The van der Waals surface area contributed by atoms with Gasteiger partial charge in [0.2, 0.25) is 0 Å². The Morgan fingerprint density at radius 1 is 0.176 bits per heavy atom. The van der Waals surface area contributed by atoms with Crippen LogP contribution in [0.25, 0.3) is 10.8 Å². The number of anilines is 3. The molecule has 0 aliphatic carbocycles. The smallest absolute Gasteiger partial charge is 0.399 e. The predicted molar refractivity (Wildman–Crippen MR) is 900 cm³/mol. The summed E-state index contributed by atoms with van der Waals surface area (Å²) in [4.78, 5) is 2.30. The Bertz CT molecular complexity index is 9950. The fraction of sp³-hybridized carbons (Fsp3) is 0.214. The van der Waals surface area contributed by atoms with E-state index in [1.54, 1.807) is 107 Å². The van der Waals surface area contributed by atoms with Crippen molar-refractivity contribution in [2.24, 2.45) is 0 Å². The second-order valence-electron chi connectivity index (χ2n) is 16.3. The van der Waals surface area contributed by atoms with Crippen LogP contribution in [0.3, 0.4) is 0 Å². The summed E-state index contributed by atoms with van der Waals surface area (Å²) in [7, 11) is 184. The van der Waals surface area contributed by atoms with Crippen molar-refractivity contribution in [2.75, 3.05) is 4.90 Å². The molecule has 5 rings (SSSR count). The van der Waals surface area contributed by atoms with Gasteiger partial charge in [-0.1, -0.05) is 66.7 Å². The van der Waals surface area contributed by atoms with E-state index in [4.69, 9.17) is 31.7 Å². The van der Waals surface area contributed by atoms with E-state index >= 15 is 0 Å². The summed E-state index contributed by atoms with van der Waals surface area (Å²) in [5.74, 6) is 0. The monoisotopic (exact) mass is 3750 g/mol. The van der Waals surface area contributed by atoms with Crippen LogP contribution in [0.5, 0.6) is 0 Å². The molecule has 784 valence electrons. The van der Waals surface area contributed by atoms with Gasteiger partial charge in [-0.2, -0.15) is 0 Å². The number of para-hydroxylation sites is 1. The molecular weight excluding hydrogens is 3730 g/mol. The molecule has 0 saturated carbocycles. The van der Waals surface area contributed by atoms with Crippen LogP contribution in [-0.2, 0) is 937 Å². The third-order valence-electron chi connectivity index (χ3n) is 9.50.